The van der Waals surface area contributed by atoms with Gasteiger partial charge in [0.1, 0.15) is 0 Å². The van der Waals surface area contributed by atoms with E-state index >= 15 is 0 Å². The summed E-state index contributed by atoms with van der Waals surface area (Å²) < 4.78 is 4.61. The van der Waals surface area contributed by atoms with Gasteiger partial charge in [-0.2, -0.15) is 0 Å². The van der Waals surface area contributed by atoms with Gasteiger partial charge in [-0.25, -0.2) is 0 Å². The summed E-state index contributed by atoms with van der Waals surface area (Å²) in [5, 5.41) is 0. The van der Waals surface area contributed by atoms with Crippen molar-refractivity contribution in [2.45, 2.75) is 13.3 Å². The summed E-state index contributed by atoms with van der Waals surface area (Å²) in [6.07, 6.45) is 4.14. The van der Waals surface area contributed by atoms with Crippen LogP contribution in [0.2, 0.25) is 0 Å². The Morgan fingerprint density at radius 1 is 1.62 bits per heavy atom. The molecule has 0 unspecified atom stereocenters. The van der Waals surface area contributed by atoms with E-state index in [-0.39, 0.29) is 0 Å². The average molecular weight is 110 g/mol. The fraction of sp³-hybridized carbons (Fsp3) is 0.429. The van der Waals surface area contributed by atoms with Crippen LogP contribution in [0.3, 0.4) is 0 Å². The van der Waals surface area contributed by atoms with Crippen molar-refractivity contribution in [2.75, 3.05) is 7.11 Å². The lowest BCUT2D eigenvalue weighted by molar-refractivity contribution is 0.338. The van der Waals surface area contributed by atoms with Crippen LogP contribution in [0.4, 0.5) is 0 Å². The predicted molar refractivity (Wildman–Crippen MR) is 34.2 cm³/mol. The number of rotatable bonds is 1. The molecule has 0 aliphatic rings. The molecule has 0 fully saturated rings. The number of allylic oxidation sites excluding steroid dienone is 1. The van der Waals surface area contributed by atoms with Gasteiger partial charge in [-0.15, -0.1) is 0 Å². The number of hydrogen-bond acceptors (Lipinski definition) is 1. The van der Waals surface area contributed by atoms with Gasteiger partial charge in [0, 0.05) is 12.5 Å². The van der Waals surface area contributed by atoms with Gasteiger partial charge >= 0.3 is 0 Å². The minimum Gasteiger partial charge on any atom is -0.504 e. The molecule has 0 aromatic carbocycles. The van der Waals surface area contributed by atoms with E-state index in [4.69, 9.17) is 0 Å². The summed E-state index contributed by atoms with van der Waals surface area (Å²) in [5.74, 6) is 5.65. The first-order valence-corrected chi connectivity index (χ1v) is 2.58. The van der Waals surface area contributed by atoms with Gasteiger partial charge in [0.15, 0.2) is 0 Å². The zero-order chi connectivity index (χ0) is 6.24. The molecule has 0 spiro atoms. The highest BCUT2D eigenvalue weighted by Gasteiger charge is 1.58. The van der Waals surface area contributed by atoms with Crippen LogP contribution in [-0.4, -0.2) is 7.11 Å². The van der Waals surface area contributed by atoms with E-state index < -0.39 is 0 Å². The number of methoxy groups -OCH3 is 1. The predicted octanol–water partition coefficient (Wildman–Crippen LogP) is 1.56. The van der Waals surface area contributed by atoms with Crippen LogP contribution in [0.15, 0.2) is 12.3 Å². The van der Waals surface area contributed by atoms with Gasteiger partial charge in [-0.05, 0) is 0 Å². The van der Waals surface area contributed by atoms with E-state index in [9.17, 15) is 0 Å². The van der Waals surface area contributed by atoms with Gasteiger partial charge in [0.2, 0.25) is 0 Å². The second kappa shape index (κ2) is 6.10. The maximum Gasteiger partial charge on any atom is 0.0908 e. The first-order valence-electron chi connectivity index (χ1n) is 2.58. The van der Waals surface area contributed by atoms with Crippen molar-refractivity contribution in [1.29, 1.82) is 0 Å². The highest BCUT2D eigenvalue weighted by molar-refractivity contribution is 5.12. The fourth-order valence-electron chi connectivity index (χ4n) is 0.263. The normalized spacial score (nSPS) is 8.25. The SMILES string of the molecule is CCC#C/C=C/OC. The summed E-state index contributed by atoms with van der Waals surface area (Å²) in [6, 6.07) is 0. The molecule has 0 radical (unpaired) electrons. The molecule has 0 amide bonds. The molecule has 0 rings (SSSR count). The Morgan fingerprint density at radius 3 is 2.88 bits per heavy atom. The van der Waals surface area contributed by atoms with E-state index in [0.717, 1.165) is 6.42 Å². The second-order valence-corrected chi connectivity index (χ2v) is 1.21. The molecule has 1 heteroatoms. The Kier molecular flexibility index (Phi) is 5.41. The quantitative estimate of drug-likeness (QED) is 0.367. The summed E-state index contributed by atoms with van der Waals surface area (Å²) in [6.45, 7) is 2.01. The molecule has 0 heterocycles. The van der Waals surface area contributed by atoms with E-state index in [1.165, 1.54) is 0 Å². The summed E-state index contributed by atoms with van der Waals surface area (Å²) >= 11 is 0. The molecule has 0 N–H and O–H groups in total. The van der Waals surface area contributed by atoms with Gasteiger partial charge in [-0.1, -0.05) is 18.8 Å². The Hall–Kier alpha value is -0.900. The third kappa shape index (κ3) is 5.10. The number of ether oxygens (including phenoxy) is 1. The van der Waals surface area contributed by atoms with Crippen molar-refractivity contribution >= 4 is 0 Å². The molecule has 8 heavy (non-hydrogen) atoms. The lowest BCUT2D eigenvalue weighted by Crippen LogP contribution is -1.61. The van der Waals surface area contributed by atoms with E-state index in [1.54, 1.807) is 19.4 Å². The van der Waals surface area contributed by atoms with Crippen LogP contribution in [0.25, 0.3) is 0 Å². The molecule has 0 saturated carbocycles. The molecule has 44 valence electrons. The van der Waals surface area contributed by atoms with E-state index in [1.807, 2.05) is 6.92 Å². The van der Waals surface area contributed by atoms with Crippen LogP contribution in [-0.2, 0) is 4.74 Å². The third-order valence-corrected chi connectivity index (χ3v) is 0.566. The fourth-order valence-corrected chi connectivity index (χ4v) is 0.263. The van der Waals surface area contributed by atoms with Crippen LogP contribution in [0.5, 0.6) is 0 Å². The van der Waals surface area contributed by atoms with E-state index in [2.05, 4.69) is 16.6 Å². The zero-order valence-corrected chi connectivity index (χ0v) is 5.27. The van der Waals surface area contributed by atoms with E-state index in [0.29, 0.717) is 0 Å². The van der Waals surface area contributed by atoms with Crippen LogP contribution >= 0.6 is 0 Å². The molecule has 0 aromatic heterocycles. The van der Waals surface area contributed by atoms with Crippen LogP contribution < -0.4 is 0 Å². The maximum absolute atomic E-state index is 4.61. The minimum absolute atomic E-state index is 0.897. The first kappa shape index (κ1) is 7.10. The van der Waals surface area contributed by atoms with Crippen molar-refractivity contribution in [3.8, 4) is 11.8 Å². The van der Waals surface area contributed by atoms with Gasteiger partial charge in [0.05, 0.1) is 13.4 Å². The summed E-state index contributed by atoms with van der Waals surface area (Å²) in [4.78, 5) is 0. The molecule has 1 nitrogen and oxygen atoms in total. The van der Waals surface area contributed by atoms with Crippen molar-refractivity contribution in [2.24, 2.45) is 0 Å². The van der Waals surface area contributed by atoms with Gasteiger partial charge < -0.3 is 4.74 Å². The molecule has 0 atom stereocenters. The van der Waals surface area contributed by atoms with Crippen molar-refractivity contribution in [3.63, 3.8) is 0 Å². The Bertz CT molecular complexity index is 114. The highest BCUT2D eigenvalue weighted by Crippen LogP contribution is 1.71. The number of hydrogen-bond donors (Lipinski definition) is 0. The minimum atomic E-state index is 0.897. The van der Waals surface area contributed by atoms with Crippen molar-refractivity contribution < 1.29 is 4.74 Å². The third-order valence-electron chi connectivity index (χ3n) is 0.566. The maximum atomic E-state index is 4.61. The molecular weight excluding hydrogens is 100 g/mol. The smallest absolute Gasteiger partial charge is 0.0908 e. The molecule has 0 aliphatic carbocycles. The molecule has 0 saturated heterocycles. The summed E-state index contributed by atoms with van der Waals surface area (Å²) in [5.41, 5.74) is 0. The van der Waals surface area contributed by atoms with Gasteiger partial charge in [-0.3, -0.25) is 0 Å². The van der Waals surface area contributed by atoms with Gasteiger partial charge in [0.25, 0.3) is 0 Å². The van der Waals surface area contributed by atoms with Crippen LogP contribution in [0.1, 0.15) is 13.3 Å². The van der Waals surface area contributed by atoms with Crippen molar-refractivity contribution in [1.82, 2.24) is 0 Å². The van der Waals surface area contributed by atoms with Crippen molar-refractivity contribution in [3.05, 3.63) is 12.3 Å². The lowest BCUT2D eigenvalue weighted by atomic mass is 10.5. The Morgan fingerprint density at radius 2 is 2.38 bits per heavy atom. The first-order chi connectivity index (χ1) is 3.91. The highest BCUT2D eigenvalue weighted by atomic mass is 16.5. The largest absolute Gasteiger partial charge is 0.504 e. The summed E-state index contributed by atoms with van der Waals surface area (Å²) in [7, 11) is 1.60. The average Bonchev–Trinajstić information content (AvgIpc) is 1.81. The zero-order valence-electron chi connectivity index (χ0n) is 5.27. The Labute approximate surface area is 50.4 Å². The topological polar surface area (TPSA) is 9.23 Å². The lowest BCUT2D eigenvalue weighted by Gasteiger charge is -1.77. The molecule has 0 bridgehead atoms. The van der Waals surface area contributed by atoms with Crippen LogP contribution in [0, 0.1) is 11.8 Å². The standard InChI is InChI=1S/C7H10O/c1-3-4-5-6-7-8-2/h6-7H,3H2,1-2H3/b7-6+. The molecule has 0 aliphatic heterocycles. The monoisotopic (exact) mass is 110 g/mol. The molecule has 0 aromatic rings. The molecular formula is C7H10O. The Balaban J connectivity index is 3.26. The second-order valence-electron chi connectivity index (χ2n) is 1.21.